The van der Waals surface area contributed by atoms with Crippen LogP contribution in [0.25, 0.3) is 10.8 Å². The van der Waals surface area contributed by atoms with E-state index in [1.807, 2.05) is 122 Å². The molecule has 6 aromatic rings. The normalized spacial score (nSPS) is 19.8. The number of rotatable bonds is 13. The Morgan fingerprint density at radius 2 is 1.17 bits per heavy atom. The zero-order chi connectivity index (χ0) is 36.4. The molecule has 1 aliphatic rings. The van der Waals surface area contributed by atoms with E-state index in [-0.39, 0.29) is 19.8 Å². The number of benzene rings is 6. The van der Waals surface area contributed by atoms with E-state index in [9.17, 15) is 9.59 Å². The Balaban J connectivity index is 1.27. The van der Waals surface area contributed by atoms with Gasteiger partial charge in [0, 0.05) is 4.90 Å². The molecule has 0 amide bonds. The van der Waals surface area contributed by atoms with Crippen molar-refractivity contribution >= 4 is 34.5 Å². The smallest absolute Gasteiger partial charge is 0.338 e. The van der Waals surface area contributed by atoms with Gasteiger partial charge in [-0.05, 0) is 64.7 Å². The van der Waals surface area contributed by atoms with Crippen LogP contribution in [0.2, 0.25) is 0 Å². The standard InChI is InChI=1S/C45H40O7S/c1-31-21-25-38(26-22-31)53-45-42(51-43(46)36-18-9-4-10-19-36)40(49-30-34-23-24-35-17-11-12-20-37(35)27-34)39(48-28-32-13-5-2-6-14-32)41(52-45)44(47)50-29-33-15-7-3-8-16-33/h2-27,39-42,45H,28-30H2,1H3/t39-,40-,41-,42+,45-/m0/s1. The summed E-state index contributed by atoms with van der Waals surface area (Å²) in [4.78, 5) is 28.8. The van der Waals surface area contributed by atoms with Crippen molar-refractivity contribution in [1.82, 2.24) is 0 Å². The molecule has 1 aliphatic heterocycles. The van der Waals surface area contributed by atoms with E-state index in [1.165, 1.54) is 11.8 Å². The number of esters is 2. The summed E-state index contributed by atoms with van der Waals surface area (Å²) in [6.45, 7) is 2.38. The highest BCUT2D eigenvalue weighted by Gasteiger charge is 2.53. The number of carbonyl (C=O) groups is 2. The minimum atomic E-state index is -1.21. The Kier molecular flexibility index (Phi) is 11.9. The molecule has 7 rings (SSSR count). The summed E-state index contributed by atoms with van der Waals surface area (Å²) < 4.78 is 32.3. The Bertz CT molecular complexity index is 2090. The number of thioether (sulfide) groups is 1. The van der Waals surface area contributed by atoms with Crippen LogP contribution < -0.4 is 0 Å². The van der Waals surface area contributed by atoms with E-state index < -0.39 is 41.8 Å². The van der Waals surface area contributed by atoms with E-state index in [4.69, 9.17) is 23.7 Å². The van der Waals surface area contributed by atoms with Gasteiger partial charge in [-0.3, -0.25) is 0 Å². The second-order valence-corrected chi connectivity index (χ2v) is 14.1. The Labute approximate surface area is 313 Å². The van der Waals surface area contributed by atoms with Gasteiger partial charge in [-0.1, -0.05) is 145 Å². The first-order chi connectivity index (χ1) is 26.0. The molecule has 5 atom stereocenters. The molecule has 0 aliphatic carbocycles. The van der Waals surface area contributed by atoms with Gasteiger partial charge in [-0.15, -0.1) is 0 Å². The summed E-state index contributed by atoms with van der Waals surface area (Å²) in [7, 11) is 0. The molecule has 0 unspecified atom stereocenters. The summed E-state index contributed by atoms with van der Waals surface area (Å²) >= 11 is 1.36. The molecule has 0 bridgehead atoms. The van der Waals surface area contributed by atoms with Crippen molar-refractivity contribution in [2.24, 2.45) is 0 Å². The lowest BCUT2D eigenvalue weighted by Gasteiger charge is -2.44. The van der Waals surface area contributed by atoms with Crippen LogP contribution in [-0.2, 0) is 48.3 Å². The van der Waals surface area contributed by atoms with Gasteiger partial charge >= 0.3 is 11.9 Å². The fraction of sp³-hybridized carbons (Fsp3) is 0.200. The quantitative estimate of drug-likeness (QED) is 0.109. The second-order valence-electron chi connectivity index (χ2n) is 12.9. The van der Waals surface area contributed by atoms with Crippen molar-refractivity contribution < 1.29 is 33.3 Å². The summed E-state index contributed by atoms with van der Waals surface area (Å²) in [6.07, 6.45) is -4.15. The van der Waals surface area contributed by atoms with Gasteiger partial charge in [0.2, 0.25) is 0 Å². The molecular weight excluding hydrogens is 685 g/mol. The Morgan fingerprint density at radius 1 is 0.585 bits per heavy atom. The second kappa shape index (κ2) is 17.5. The molecule has 0 saturated carbocycles. The molecule has 1 fully saturated rings. The third-order valence-electron chi connectivity index (χ3n) is 9.02. The van der Waals surface area contributed by atoms with Crippen LogP contribution in [0.3, 0.4) is 0 Å². The molecule has 0 aromatic heterocycles. The predicted octanol–water partition coefficient (Wildman–Crippen LogP) is 9.11. The first kappa shape index (κ1) is 36.1. The van der Waals surface area contributed by atoms with Crippen molar-refractivity contribution in [2.75, 3.05) is 0 Å². The highest BCUT2D eigenvalue weighted by Crippen LogP contribution is 2.39. The minimum absolute atomic E-state index is 0.0513. The third kappa shape index (κ3) is 9.41. The fourth-order valence-corrected chi connectivity index (χ4v) is 7.29. The molecule has 0 spiro atoms. The van der Waals surface area contributed by atoms with Crippen LogP contribution in [-0.4, -0.2) is 41.8 Å². The fourth-order valence-electron chi connectivity index (χ4n) is 6.21. The van der Waals surface area contributed by atoms with Crippen molar-refractivity contribution in [3.8, 4) is 0 Å². The van der Waals surface area contributed by atoms with Crippen molar-refractivity contribution in [3.05, 3.63) is 186 Å². The van der Waals surface area contributed by atoms with Crippen LogP contribution >= 0.6 is 11.8 Å². The molecule has 53 heavy (non-hydrogen) atoms. The van der Waals surface area contributed by atoms with Gasteiger partial charge in [0.15, 0.2) is 12.2 Å². The van der Waals surface area contributed by atoms with E-state index in [2.05, 4.69) is 18.2 Å². The highest BCUT2D eigenvalue weighted by molar-refractivity contribution is 7.99. The molecule has 268 valence electrons. The summed E-state index contributed by atoms with van der Waals surface area (Å²) in [5.41, 5.74) is 3.26. The van der Waals surface area contributed by atoms with E-state index >= 15 is 0 Å². The topological polar surface area (TPSA) is 80.3 Å². The van der Waals surface area contributed by atoms with Gasteiger partial charge < -0.3 is 23.7 Å². The van der Waals surface area contributed by atoms with Crippen molar-refractivity contribution in [2.45, 2.75) is 61.5 Å². The minimum Gasteiger partial charge on any atom is -0.459 e. The number of hydrogen-bond acceptors (Lipinski definition) is 8. The third-order valence-corrected chi connectivity index (χ3v) is 10.2. The SMILES string of the molecule is Cc1ccc(S[C@@H]2O[C@H](C(=O)OCc3ccccc3)[C@@H](OCc3ccccc3)[C@H](OCc3ccc4ccccc4c3)[C@H]2OC(=O)c2ccccc2)cc1. The summed E-state index contributed by atoms with van der Waals surface area (Å²) in [5, 5.41) is 2.18. The lowest BCUT2D eigenvalue weighted by molar-refractivity contribution is -0.239. The first-order valence-electron chi connectivity index (χ1n) is 17.6. The van der Waals surface area contributed by atoms with Crippen LogP contribution in [0.15, 0.2) is 163 Å². The zero-order valence-corrected chi connectivity index (χ0v) is 30.1. The van der Waals surface area contributed by atoms with Gasteiger partial charge in [-0.25, -0.2) is 9.59 Å². The number of hydrogen-bond donors (Lipinski definition) is 0. The van der Waals surface area contributed by atoms with E-state index in [1.54, 1.807) is 24.3 Å². The maximum Gasteiger partial charge on any atom is 0.338 e. The summed E-state index contributed by atoms with van der Waals surface area (Å²) in [6, 6.07) is 50.1. The monoisotopic (exact) mass is 724 g/mol. The highest BCUT2D eigenvalue weighted by atomic mass is 32.2. The van der Waals surface area contributed by atoms with E-state index in [0.29, 0.717) is 5.56 Å². The zero-order valence-electron chi connectivity index (χ0n) is 29.3. The summed E-state index contributed by atoms with van der Waals surface area (Å²) in [5.74, 6) is -1.14. The molecule has 0 N–H and O–H groups in total. The predicted molar refractivity (Wildman–Crippen MR) is 205 cm³/mol. The van der Waals surface area contributed by atoms with Crippen LogP contribution in [0.5, 0.6) is 0 Å². The number of carbonyl (C=O) groups excluding carboxylic acids is 2. The average Bonchev–Trinajstić information content (AvgIpc) is 3.21. The molecule has 1 saturated heterocycles. The lowest BCUT2D eigenvalue weighted by Crippen LogP contribution is -2.62. The number of aryl methyl sites for hydroxylation is 1. The van der Waals surface area contributed by atoms with E-state index in [0.717, 1.165) is 37.9 Å². The molecule has 7 nitrogen and oxygen atoms in total. The van der Waals surface area contributed by atoms with Gasteiger partial charge in [0.1, 0.15) is 24.3 Å². The molecular formula is C45H40O7S. The molecule has 6 aromatic carbocycles. The first-order valence-corrected chi connectivity index (χ1v) is 18.5. The van der Waals surface area contributed by atoms with Crippen molar-refractivity contribution in [1.29, 1.82) is 0 Å². The molecule has 1 heterocycles. The molecule has 0 radical (unpaired) electrons. The van der Waals surface area contributed by atoms with Crippen molar-refractivity contribution in [3.63, 3.8) is 0 Å². The number of fused-ring (bicyclic) bond motifs is 1. The Hall–Kier alpha value is -5.25. The van der Waals surface area contributed by atoms with Crippen LogP contribution in [0.1, 0.15) is 32.6 Å². The number of ether oxygens (including phenoxy) is 5. The largest absolute Gasteiger partial charge is 0.459 e. The lowest BCUT2D eigenvalue weighted by atomic mass is 9.98. The maximum atomic E-state index is 14.2. The van der Waals surface area contributed by atoms with Gasteiger partial charge in [0.25, 0.3) is 0 Å². The van der Waals surface area contributed by atoms with Gasteiger partial charge in [0.05, 0.1) is 18.8 Å². The maximum absolute atomic E-state index is 14.2. The Morgan fingerprint density at radius 3 is 1.87 bits per heavy atom. The van der Waals surface area contributed by atoms with Crippen LogP contribution in [0, 0.1) is 6.92 Å². The molecule has 8 heteroatoms. The van der Waals surface area contributed by atoms with Crippen LogP contribution in [0.4, 0.5) is 0 Å². The van der Waals surface area contributed by atoms with Gasteiger partial charge in [-0.2, -0.15) is 0 Å². The average molecular weight is 725 g/mol.